The van der Waals surface area contributed by atoms with Crippen LogP contribution in [0.2, 0.25) is 5.02 Å². The summed E-state index contributed by atoms with van der Waals surface area (Å²) in [5.74, 6) is 0.552. The van der Waals surface area contributed by atoms with Crippen LogP contribution in [-0.4, -0.2) is 9.97 Å². The zero-order valence-electron chi connectivity index (χ0n) is 9.38. The predicted molar refractivity (Wildman–Crippen MR) is 72.2 cm³/mol. The molecule has 0 bridgehead atoms. The van der Waals surface area contributed by atoms with E-state index in [9.17, 15) is 0 Å². The van der Waals surface area contributed by atoms with Gasteiger partial charge in [0.05, 0.1) is 0 Å². The van der Waals surface area contributed by atoms with E-state index in [4.69, 9.17) is 16.0 Å². The van der Waals surface area contributed by atoms with Crippen molar-refractivity contribution in [3.05, 3.63) is 59.2 Å². The van der Waals surface area contributed by atoms with E-state index in [-0.39, 0.29) is 0 Å². The first-order chi connectivity index (χ1) is 8.81. The van der Waals surface area contributed by atoms with Gasteiger partial charge in [-0.15, -0.1) is 0 Å². The molecule has 3 rings (SSSR count). The number of hydrogen-bond donors (Lipinski definition) is 0. The summed E-state index contributed by atoms with van der Waals surface area (Å²) in [5.41, 5.74) is 2.48. The van der Waals surface area contributed by atoms with Crippen LogP contribution in [0, 0.1) is 0 Å². The number of hydrogen-bond acceptors (Lipinski definition) is 3. The number of halogens is 1. The smallest absolute Gasteiger partial charge is 0.220 e. The summed E-state index contributed by atoms with van der Waals surface area (Å²) in [7, 11) is 0. The largest absolute Gasteiger partial charge is 0.437 e. The van der Waals surface area contributed by atoms with Gasteiger partial charge in [-0.1, -0.05) is 17.7 Å². The van der Waals surface area contributed by atoms with Crippen molar-refractivity contribution >= 4 is 34.9 Å². The molecule has 88 valence electrons. The Labute approximate surface area is 109 Å². The maximum Gasteiger partial charge on any atom is 0.220 e. The molecule has 3 nitrogen and oxygen atoms in total. The highest BCUT2D eigenvalue weighted by molar-refractivity contribution is 6.31. The van der Waals surface area contributed by atoms with Crippen LogP contribution in [0.15, 0.2) is 47.1 Å². The van der Waals surface area contributed by atoms with Crippen molar-refractivity contribution in [2.24, 2.45) is 0 Å². The predicted octanol–water partition coefficient (Wildman–Crippen LogP) is 4.05. The lowest BCUT2D eigenvalue weighted by molar-refractivity contribution is 0.590. The fourth-order valence-electron chi connectivity index (χ4n) is 1.63. The Kier molecular flexibility index (Phi) is 2.82. The first-order valence-corrected chi connectivity index (χ1v) is 5.83. The third-order valence-corrected chi connectivity index (χ3v) is 2.70. The van der Waals surface area contributed by atoms with Crippen LogP contribution in [0.25, 0.3) is 23.3 Å². The number of rotatable bonds is 2. The standard InChI is InChI=1S/C14H9ClN2O/c15-11-4-5-13-12(8-11)17-14(18-13)6-3-10-2-1-7-16-9-10/h1-9H. The highest BCUT2D eigenvalue weighted by Crippen LogP contribution is 2.20. The number of pyridine rings is 1. The Morgan fingerprint density at radius 3 is 2.94 bits per heavy atom. The molecular formula is C14H9ClN2O. The lowest BCUT2D eigenvalue weighted by Gasteiger charge is -1.88. The van der Waals surface area contributed by atoms with Crippen LogP contribution in [0.4, 0.5) is 0 Å². The summed E-state index contributed by atoms with van der Waals surface area (Å²) in [6.07, 6.45) is 7.22. The van der Waals surface area contributed by atoms with Gasteiger partial charge in [-0.2, -0.15) is 0 Å². The van der Waals surface area contributed by atoms with Crippen LogP contribution < -0.4 is 0 Å². The monoisotopic (exact) mass is 256 g/mol. The van der Waals surface area contributed by atoms with E-state index < -0.39 is 0 Å². The van der Waals surface area contributed by atoms with Gasteiger partial charge in [0.1, 0.15) is 5.52 Å². The minimum Gasteiger partial charge on any atom is -0.437 e. The highest BCUT2D eigenvalue weighted by atomic mass is 35.5. The maximum absolute atomic E-state index is 5.89. The average molecular weight is 257 g/mol. The van der Waals surface area contributed by atoms with Gasteiger partial charge >= 0.3 is 0 Å². The number of nitrogens with zero attached hydrogens (tertiary/aromatic N) is 2. The number of benzene rings is 1. The molecule has 0 unspecified atom stereocenters. The van der Waals surface area contributed by atoms with Crippen LogP contribution in [0.3, 0.4) is 0 Å². The van der Waals surface area contributed by atoms with Gasteiger partial charge in [0.25, 0.3) is 0 Å². The van der Waals surface area contributed by atoms with Crippen LogP contribution in [-0.2, 0) is 0 Å². The number of aromatic nitrogens is 2. The topological polar surface area (TPSA) is 38.9 Å². The van der Waals surface area contributed by atoms with E-state index in [0.717, 1.165) is 16.7 Å². The first-order valence-electron chi connectivity index (χ1n) is 5.45. The second kappa shape index (κ2) is 4.63. The summed E-state index contributed by atoms with van der Waals surface area (Å²) in [5, 5.41) is 0.651. The molecular weight excluding hydrogens is 248 g/mol. The van der Waals surface area contributed by atoms with Crippen LogP contribution >= 0.6 is 11.6 Å². The summed E-state index contributed by atoms with van der Waals surface area (Å²) in [4.78, 5) is 8.36. The van der Waals surface area contributed by atoms with Gasteiger partial charge < -0.3 is 4.42 Å². The van der Waals surface area contributed by atoms with Gasteiger partial charge in [0.2, 0.25) is 5.89 Å². The number of oxazole rings is 1. The highest BCUT2D eigenvalue weighted by Gasteiger charge is 2.03. The maximum atomic E-state index is 5.89. The van der Waals surface area contributed by atoms with Crippen molar-refractivity contribution in [3.8, 4) is 0 Å². The minimum atomic E-state index is 0.552. The molecule has 0 amide bonds. The minimum absolute atomic E-state index is 0.552. The molecule has 0 aliphatic rings. The molecule has 4 heteroatoms. The lowest BCUT2D eigenvalue weighted by Crippen LogP contribution is -1.74. The molecule has 0 spiro atoms. The SMILES string of the molecule is Clc1ccc2oc(C=Cc3cccnc3)nc2c1. The zero-order valence-corrected chi connectivity index (χ0v) is 10.1. The molecule has 0 atom stereocenters. The Morgan fingerprint density at radius 2 is 2.11 bits per heavy atom. The summed E-state index contributed by atoms with van der Waals surface area (Å²) in [6, 6.07) is 9.21. The molecule has 0 fully saturated rings. The van der Waals surface area contributed by atoms with Gasteiger partial charge in [0, 0.05) is 23.5 Å². The van der Waals surface area contributed by atoms with E-state index in [2.05, 4.69) is 9.97 Å². The Hall–Kier alpha value is -2.13. The molecule has 3 aromatic rings. The summed E-state index contributed by atoms with van der Waals surface area (Å²) >= 11 is 5.89. The van der Waals surface area contributed by atoms with E-state index in [1.165, 1.54) is 0 Å². The molecule has 0 saturated heterocycles. The van der Waals surface area contributed by atoms with Crippen molar-refractivity contribution in [3.63, 3.8) is 0 Å². The van der Waals surface area contributed by atoms with Gasteiger partial charge in [-0.3, -0.25) is 4.98 Å². The quantitative estimate of drug-likeness (QED) is 0.694. The van der Waals surface area contributed by atoms with Crippen molar-refractivity contribution in [1.82, 2.24) is 9.97 Å². The van der Waals surface area contributed by atoms with E-state index in [0.29, 0.717) is 10.9 Å². The molecule has 0 N–H and O–H groups in total. The molecule has 0 radical (unpaired) electrons. The van der Waals surface area contributed by atoms with Crippen molar-refractivity contribution in [2.45, 2.75) is 0 Å². The van der Waals surface area contributed by atoms with Crippen LogP contribution in [0.1, 0.15) is 11.5 Å². The normalized spacial score (nSPS) is 11.4. The fourth-order valence-corrected chi connectivity index (χ4v) is 1.80. The van der Waals surface area contributed by atoms with Gasteiger partial charge in [-0.25, -0.2) is 4.98 Å². The summed E-state index contributed by atoms with van der Waals surface area (Å²) in [6.45, 7) is 0. The molecule has 18 heavy (non-hydrogen) atoms. The Bertz CT molecular complexity index is 704. The van der Waals surface area contributed by atoms with Crippen LogP contribution in [0.5, 0.6) is 0 Å². The third kappa shape index (κ3) is 2.26. The van der Waals surface area contributed by atoms with Gasteiger partial charge in [-0.05, 0) is 35.9 Å². The Balaban J connectivity index is 1.93. The van der Waals surface area contributed by atoms with Gasteiger partial charge in [0.15, 0.2) is 5.58 Å². The van der Waals surface area contributed by atoms with E-state index in [1.807, 2.05) is 30.4 Å². The molecule has 1 aromatic carbocycles. The third-order valence-electron chi connectivity index (χ3n) is 2.47. The Morgan fingerprint density at radius 1 is 1.17 bits per heavy atom. The molecule has 0 aliphatic carbocycles. The molecule has 0 aliphatic heterocycles. The number of fused-ring (bicyclic) bond motifs is 1. The van der Waals surface area contributed by atoms with E-state index in [1.54, 1.807) is 24.5 Å². The second-order valence-electron chi connectivity index (χ2n) is 3.78. The molecule has 2 aromatic heterocycles. The molecule has 0 saturated carbocycles. The van der Waals surface area contributed by atoms with Crippen molar-refractivity contribution in [2.75, 3.05) is 0 Å². The van der Waals surface area contributed by atoms with Crippen molar-refractivity contribution in [1.29, 1.82) is 0 Å². The zero-order chi connectivity index (χ0) is 12.4. The summed E-state index contributed by atoms with van der Waals surface area (Å²) < 4.78 is 5.57. The first kappa shape index (κ1) is 11.0. The van der Waals surface area contributed by atoms with E-state index >= 15 is 0 Å². The fraction of sp³-hybridized carbons (Fsp3) is 0. The lowest BCUT2D eigenvalue weighted by atomic mass is 10.2. The second-order valence-corrected chi connectivity index (χ2v) is 4.22. The van der Waals surface area contributed by atoms with Crippen molar-refractivity contribution < 1.29 is 4.42 Å². The molecule has 2 heterocycles. The average Bonchev–Trinajstić information content (AvgIpc) is 2.79.